The summed E-state index contributed by atoms with van der Waals surface area (Å²) in [6.07, 6.45) is 0. The number of carbonyl (C=O) groups excluding carboxylic acids is 1. The second-order valence-corrected chi connectivity index (χ2v) is 7.00. The predicted octanol–water partition coefficient (Wildman–Crippen LogP) is 3.72. The number of morpholine rings is 1. The van der Waals surface area contributed by atoms with E-state index in [1.54, 1.807) is 11.3 Å². The summed E-state index contributed by atoms with van der Waals surface area (Å²) in [5.74, 6) is 0.317. The van der Waals surface area contributed by atoms with Crippen LogP contribution in [0.1, 0.15) is 32.9 Å². The van der Waals surface area contributed by atoms with Gasteiger partial charge >= 0.3 is 0 Å². The first-order valence-corrected chi connectivity index (χ1v) is 8.82. The van der Waals surface area contributed by atoms with Gasteiger partial charge in [0.25, 0.3) is 5.91 Å². The highest BCUT2D eigenvalue weighted by atomic mass is 32.1. The van der Waals surface area contributed by atoms with E-state index < -0.39 is 0 Å². The van der Waals surface area contributed by atoms with E-state index in [0.717, 1.165) is 27.2 Å². The van der Waals surface area contributed by atoms with E-state index in [1.807, 2.05) is 48.4 Å². The third kappa shape index (κ3) is 2.52. The number of fused-ring (bicyclic) bond motifs is 1. The minimum atomic E-state index is -0.163. The van der Waals surface area contributed by atoms with Crippen molar-refractivity contribution < 1.29 is 13.9 Å². The van der Waals surface area contributed by atoms with Gasteiger partial charge in [-0.1, -0.05) is 18.2 Å². The molecule has 1 saturated heterocycles. The molecule has 0 unspecified atom stereocenters. The van der Waals surface area contributed by atoms with E-state index in [0.29, 0.717) is 25.5 Å². The number of thiazole rings is 1. The second kappa shape index (κ2) is 6.03. The third-order valence-corrected chi connectivity index (χ3v) is 5.20. The molecule has 1 aliphatic rings. The predicted molar refractivity (Wildman–Crippen MR) is 92.4 cm³/mol. The fraction of sp³-hybridized carbons (Fsp3) is 0.333. The lowest BCUT2D eigenvalue weighted by Crippen LogP contribution is -2.43. The lowest BCUT2D eigenvalue weighted by atomic mass is 10.1. The van der Waals surface area contributed by atoms with Gasteiger partial charge in [0.2, 0.25) is 0 Å². The summed E-state index contributed by atoms with van der Waals surface area (Å²) in [5, 5.41) is 3.97. The molecule has 1 aliphatic heterocycles. The van der Waals surface area contributed by atoms with Crippen LogP contribution in [0, 0.1) is 13.8 Å². The SMILES string of the molecule is Cc1nc([C@@H]2COCCN2C(=O)c2oc3ccccc3c2C)cs1. The number of hydrogen-bond donors (Lipinski definition) is 0. The molecule has 3 heterocycles. The molecule has 1 atom stereocenters. The second-order valence-electron chi connectivity index (χ2n) is 5.93. The van der Waals surface area contributed by atoms with Crippen molar-refractivity contribution in [2.24, 2.45) is 0 Å². The molecule has 5 nitrogen and oxygen atoms in total. The van der Waals surface area contributed by atoms with Crippen LogP contribution in [0.2, 0.25) is 0 Å². The Morgan fingerprint density at radius 2 is 2.17 bits per heavy atom. The monoisotopic (exact) mass is 342 g/mol. The number of rotatable bonds is 2. The summed E-state index contributed by atoms with van der Waals surface area (Å²) in [7, 11) is 0. The van der Waals surface area contributed by atoms with Crippen molar-refractivity contribution in [3.63, 3.8) is 0 Å². The fourth-order valence-electron chi connectivity index (χ4n) is 3.13. The number of aromatic nitrogens is 1. The number of para-hydroxylation sites is 1. The van der Waals surface area contributed by atoms with Gasteiger partial charge < -0.3 is 14.1 Å². The number of ether oxygens (including phenoxy) is 1. The van der Waals surface area contributed by atoms with Crippen LogP contribution in [0.15, 0.2) is 34.1 Å². The van der Waals surface area contributed by atoms with Gasteiger partial charge in [-0.25, -0.2) is 4.98 Å². The summed E-state index contributed by atoms with van der Waals surface area (Å²) in [5.41, 5.74) is 2.52. The molecule has 1 amide bonds. The highest BCUT2D eigenvalue weighted by molar-refractivity contribution is 7.09. The molecule has 0 bridgehead atoms. The summed E-state index contributed by atoms with van der Waals surface area (Å²) >= 11 is 1.59. The molecule has 0 spiro atoms. The minimum Gasteiger partial charge on any atom is -0.451 e. The van der Waals surface area contributed by atoms with Crippen molar-refractivity contribution in [1.82, 2.24) is 9.88 Å². The van der Waals surface area contributed by atoms with Gasteiger partial charge in [0.1, 0.15) is 5.58 Å². The molecular formula is C18H18N2O3S. The topological polar surface area (TPSA) is 55.6 Å². The van der Waals surface area contributed by atoms with Crippen LogP contribution in [0.3, 0.4) is 0 Å². The number of amides is 1. The van der Waals surface area contributed by atoms with E-state index in [2.05, 4.69) is 4.98 Å². The Bertz CT molecular complexity index is 899. The van der Waals surface area contributed by atoms with Crippen LogP contribution in [0.5, 0.6) is 0 Å². The Hall–Kier alpha value is -2.18. The van der Waals surface area contributed by atoms with E-state index in [1.165, 1.54) is 0 Å². The zero-order valence-electron chi connectivity index (χ0n) is 13.6. The molecule has 1 fully saturated rings. The minimum absolute atomic E-state index is 0.0948. The molecule has 0 aliphatic carbocycles. The Labute approximate surface area is 143 Å². The number of carbonyl (C=O) groups is 1. The summed E-state index contributed by atoms with van der Waals surface area (Å²) in [6, 6.07) is 7.57. The van der Waals surface area contributed by atoms with Crippen LogP contribution in [-0.2, 0) is 4.74 Å². The molecule has 3 aromatic rings. The Kier molecular flexibility index (Phi) is 3.86. The van der Waals surface area contributed by atoms with Crippen LogP contribution < -0.4 is 0 Å². The first-order valence-electron chi connectivity index (χ1n) is 7.94. The van der Waals surface area contributed by atoms with Gasteiger partial charge in [-0.3, -0.25) is 4.79 Å². The van der Waals surface area contributed by atoms with E-state index in [9.17, 15) is 4.79 Å². The van der Waals surface area contributed by atoms with Gasteiger partial charge in [0, 0.05) is 22.9 Å². The van der Waals surface area contributed by atoms with Crippen molar-refractivity contribution in [3.05, 3.63) is 51.7 Å². The average Bonchev–Trinajstić information content (AvgIpc) is 3.18. The first-order chi connectivity index (χ1) is 11.6. The summed E-state index contributed by atoms with van der Waals surface area (Å²) in [4.78, 5) is 19.5. The molecule has 124 valence electrons. The quantitative estimate of drug-likeness (QED) is 0.712. The van der Waals surface area contributed by atoms with E-state index in [4.69, 9.17) is 9.15 Å². The normalized spacial score (nSPS) is 18.2. The standard InChI is InChI=1S/C18H18N2O3S/c1-11-13-5-3-4-6-16(13)23-17(11)18(21)20-7-8-22-9-15(20)14-10-24-12(2)19-14/h3-6,10,15H,7-9H2,1-2H3/t15-/m0/s1. The van der Waals surface area contributed by atoms with Crippen LogP contribution in [0.4, 0.5) is 0 Å². The molecule has 0 N–H and O–H groups in total. The Morgan fingerprint density at radius 1 is 1.33 bits per heavy atom. The smallest absolute Gasteiger partial charge is 0.290 e. The number of furan rings is 1. The lowest BCUT2D eigenvalue weighted by Gasteiger charge is -2.34. The first kappa shape index (κ1) is 15.4. The summed E-state index contributed by atoms with van der Waals surface area (Å²) in [6.45, 7) is 5.43. The van der Waals surface area contributed by atoms with Crippen molar-refractivity contribution in [1.29, 1.82) is 0 Å². The number of hydrogen-bond acceptors (Lipinski definition) is 5. The molecule has 24 heavy (non-hydrogen) atoms. The maximum Gasteiger partial charge on any atom is 0.290 e. The maximum atomic E-state index is 13.1. The molecular weight excluding hydrogens is 324 g/mol. The fourth-order valence-corrected chi connectivity index (χ4v) is 3.79. The molecule has 0 saturated carbocycles. The van der Waals surface area contributed by atoms with Crippen molar-refractivity contribution in [2.75, 3.05) is 19.8 Å². The Balaban J connectivity index is 1.71. The zero-order chi connectivity index (χ0) is 16.7. The Morgan fingerprint density at radius 3 is 2.92 bits per heavy atom. The van der Waals surface area contributed by atoms with Gasteiger partial charge in [-0.2, -0.15) is 0 Å². The summed E-state index contributed by atoms with van der Waals surface area (Å²) < 4.78 is 11.4. The largest absolute Gasteiger partial charge is 0.451 e. The van der Waals surface area contributed by atoms with Crippen molar-refractivity contribution >= 4 is 28.2 Å². The van der Waals surface area contributed by atoms with E-state index >= 15 is 0 Å². The molecule has 2 aromatic heterocycles. The van der Waals surface area contributed by atoms with Crippen LogP contribution >= 0.6 is 11.3 Å². The van der Waals surface area contributed by atoms with Crippen LogP contribution in [0.25, 0.3) is 11.0 Å². The van der Waals surface area contributed by atoms with Gasteiger partial charge in [-0.15, -0.1) is 11.3 Å². The van der Waals surface area contributed by atoms with Crippen molar-refractivity contribution in [2.45, 2.75) is 19.9 Å². The number of benzene rings is 1. The number of nitrogens with zero attached hydrogens (tertiary/aromatic N) is 2. The third-order valence-electron chi connectivity index (χ3n) is 4.41. The number of aryl methyl sites for hydroxylation is 2. The van der Waals surface area contributed by atoms with Gasteiger partial charge in [0.05, 0.1) is 30.0 Å². The molecule has 1 aromatic carbocycles. The van der Waals surface area contributed by atoms with Crippen molar-refractivity contribution in [3.8, 4) is 0 Å². The molecule has 6 heteroatoms. The van der Waals surface area contributed by atoms with E-state index in [-0.39, 0.29) is 11.9 Å². The average molecular weight is 342 g/mol. The highest BCUT2D eigenvalue weighted by Gasteiger charge is 2.33. The van der Waals surface area contributed by atoms with Gasteiger partial charge in [-0.05, 0) is 19.9 Å². The highest BCUT2D eigenvalue weighted by Crippen LogP contribution is 2.31. The van der Waals surface area contributed by atoms with Crippen LogP contribution in [-0.4, -0.2) is 35.5 Å². The molecule has 0 radical (unpaired) electrons. The zero-order valence-corrected chi connectivity index (χ0v) is 14.4. The van der Waals surface area contributed by atoms with Gasteiger partial charge in [0.15, 0.2) is 5.76 Å². The lowest BCUT2D eigenvalue weighted by molar-refractivity contribution is -0.00525. The molecule has 4 rings (SSSR count). The maximum absolute atomic E-state index is 13.1.